The van der Waals surface area contributed by atoms with Gasteiger partial charge in [0.25, 0.3) is 0 Å². The van der Waals surface area contributed by atoms with Crippen LogP contribution in [0.15, 0.2) is 109 Å². The third-order valence-corrected chi connectivity index (χ3v) is 12.1. The van der Waals surface area contributed by atoms with Gasteiger partial charge in [-0.2, -0.15) is 4.57 Å². The summed E-state index contributed by atoms with van der Waals surface area (Å²) in [4.78, 5) is 12.9. The number of hydrogen-bond donors (Lipinski definition) is 0. The van der Waals surface area contributed by atoms with Crippen molar-refractivity contribution in [2.75, 3.05) is 0 Å². The lowest BCUT2D eigenvalue weighted by molar-refractivity contribution is -0.671. The van der Waals surface area contributed by atoms with E-state index < -0.39 is 144 Å². The number of carbonyl (C=O) groups excluding carboxylic acids is 1. The number of aromatic nitrogens is 1. The maximum Gasteiger partial charge on any atom is 0.227 e. The summed E-state index contributed by atoms with van der Waals surface area (Å²) in [6, 6.07) is 34.8. The van der Waals surface area contributed by atoms with Crippen molar-refractivity contribution in [1.29, 1.82) is 0 Å². The summed E-state index contributed by atoms with van der Waals surface area (Å²) in [6.45, 7) is 0.303. The second kappa shape index (κ2) is 19.6. The first kappa shape index (κ1) is 52.1. The Balaban J connectivity index is 0.000000215. The zero-order chi connectivity index (χ0) is 54.0. The SMILES string of the molecule is Fc1c(F)c(F)c([B-](c2c(F)c(F)c(F)c(F)c2F)(c2c(F)c(F)c(F)c(F)c2F)c2c(F)c(F)c(F)c(F)c2F)c(F)c1F.O=C(C[n+]1ccc2ccccc2c1-c1ccc2ccccc2c1)c1ccccc1. The number of ketones is 1. The van der Waals surface area contributed by atoms with Gasteiger partial charge in [0.05, 0.1) is 5.39 Å². The second-order valence-electron chi connectivity index (χ2n) is 16.0. The highest BCUT2D eigenvalue weighted by molar-refractivity contribution is 7.20. The first-order chi connectivity index (χ1) is 35.0. The molecule has 378 valence electrons. The first-order valence-electron chi connectivity index (χ1n) is 20.7. The van der Waals surface area contributed by atoms with Crippen LogP contribution in [0.25, 0.3) is 32.8 Å². The fourth-order valence-corrected chi connectivity index (χ4v) is 8.79. The molecule has 0 N–H and O–H groups in total. The Kier molecular flexibility index (Phi) is 13.8. The number of benzene rings is 8. The van der Waals surface area contributed by atoms with Crippen LogP contribution in [0.1, 0.15) is 10.4 Å². The minimum Gasteiger partial charge on any atom is -0.287 e. The minimum atomic E-state index is -7.22. The van der Waals surface area contributed by atoms with Gasteiger partial charge in [0.15, 0.2) is 76.0 Å². The molecule has 0 saturated heterocycles. The molecule has 23 heteroatoms. The maximum absolute atomic E-state index is 15.4. The molecule has 2 nitrogen and oxygen atoms in total. The number of nitrogens with zero attached hydrogens (tertiary/aromatic N) is 1. The van der Waals surface area contributed by atoms with E-state index in [9.17, 15) is 57.5 Å². The van der Waals surface area contributed by atoms with E-state index >= 15 is 35.1 Å². The molecule has 1 aromatic heterocycles. The van der Waals surface area contributed by atoms with Crippen molar-refractivity contribution in [2.24, 2.45) is 0 Å². The molecule has 0 amide bonds. The van der Waals surface area contributed by atoms with E-state index in [1.165, 1.54) is 16.2 Å². The molecule has 0 fully saturated rings. The van der Waals surface area contributed by atoms with E-state index in [1.807, 2.05) is 42.6 Å². The molecule has 0 bridgehead atoms. The monoisotopic (exact) mass is 1050 g/mol. The highest BCUT2D eigenvalue weighted by Gasteiger charge is 2.52. The largest absolute Gasteiger partial charge is 0.287 e. The molecule has 0 unspecified atom stereocenters. The maximum atomic E-state index is 15.4. The smallest absolute Gasteiger partial charge is 0.227 e. The molecule has 0 spiro atoms. The normalized spacial score (nSPS) is 11.6. The van der Waals surface area contributed by atoms with Gasteiger partial charge in [-0.05, 0) is 34.4 Å². The second-order valence-corrected chi connectivity index (χ2v) is 16.0. The van der Waals surface area contributed by atoms with E-state index in [-0.39, 0.29) is 5.78 Å². The van der Waals surface area contributed by atoms with Crippen LogP contribution in [0.4, 0.5) is 87.8 Å². The van der Waals surface area contributed by atoms with Gasteiger partial charge in [0.2, 0.25) is 18.0 Å². The van der Waals surface area contributed by atoms with E-state index in [0.29, 0.717) is 6.54 Å². The van der Waals surface area contributed by atoms with Gasteiger partial charge in [0.1, 0.15) is 52.7 Å². The lowest BCUT2D eigenvalue weighted by atomic mass is 9.12. The first-order valence-corrected chi connectivity index (χ1v) is 20.7. The van der Waals surface area contributed by atoms with E-state index in [1.54, 1.807) is 0 Å². The molecule has 0 radical (unpaired) electrons. The number of rotatable bonds is 8. The highest BCUT2D eigenvalue weighted by Crippen LogP contribution is 2.32. The Morgan fingerprint density at radius 1 is 0.338 bits per heavy atom. The number of pyridine rings is 1. The standard InChI is InChI=1S/C27H20NO.C24BF20/c29-26(22-10-2-1-3-11-22)19-28-17-16-21-9-6-7-13-25(21)27(28)24-15-14-20-8-4-5-12-23(20)18-24;26-5-1(6(27)14(35)21(42)13(5)34)25(2-7(28)15(36)22(43)16(37)8(2)29,3-9(30)17(38)23(44)18(39)10(3)31)4-11(32)19(40)24(45)20(41)12(4)33/h1-18H,19H2;/q+1;-1. The summed E-state index contributed by atoms with van der Waals surface area (Å²) in [6.07, 6.45) is -5.20. The van der Waals surface area contributed by atoms with Crippen LogP contribution >= 0.6 is 0 Å². The third-order valence-electron chi connectivity index (χ3n) is 12.1. The molecule has 1 heterocycles. The average molecular weight is 1050 g/mol. The van der Waals surface area contributed by atoms with Crippen molar-refractivity contribution in [3.8, 4) is 11.3 Å². The van der Waals surface area contributed by atoms with Crippen LogP contribution in [0.2, 0.25) is 0 Å². The van der Waals surface area contributed by atoms with Crippen molar-refractivity contribution < 1.29 is 97.2 Å². The summed E-state index contributed by atoms with van der Waals surface area (Å²) in [5, 5.41) is 4.72. The lowest BCUT2D eigenvalue weighted by Crippen LogP contribution is -2.81. The molecule has 0 aliphatic rings. The Bertz CT molecular complexity index is 3420. The van der Waals surface area contributed by atoms with E-state index in [2.05, 4.69) is 71.3 Å². The van der Waals surface area contributed by atoms with E-state index in [4.69, 9.17) is 0 Å². The van der Waals surface area contributed by atoms with Crippen molar-refractivity contribution >= 4 is 55.3 Å². The van der Waals surface area contributed by atoms with Gasteiger partial charge >= 0.3 is 0 Å². The summed E-state index contributed by atoms with van der Waals surface area (Å²) in [5.41, 5.74) is -11.4. The van der Waals surface area contributed by atoms with Gasteiger partial charge in [-0.3, -0.25) is 4.79 Å². The Morgan fingerprint density at radius 2 is 0.662 bits per heavy atom. The molecular formula is C51H20BF20NO. The molecule has 0 aliphatic heterocycles. The van der Waals surface area contributed by atoms with Gasteiger partial charge < -0.3 is 0 Å². The number of fused-ring (bicyclic) bond motifs is 2. The summed E-state index contributed by atoms with van der Waals surface area (Å²) < 4.78 is 296. The molecule has 0 atom stereocenters. The van der Waals surface area contributed by atoms with Gasteiger partial charge in [0, 0.05) is 17.2 Å². The molecule has 74 heavy (non-hydrogen) atoms. The van der Waals surface area contributed by atoms with Crippen molar-refractivity contribution in [1.82, 2.24) is 0 Å². The van der Waals surface area contributed by atoms with Gasteiger partial charge in [-0.1, -0.05) is 78.9 Å². The van der Waals surface area contributed by atoms with Gasteiger partial charge in [-0.15, -0.1) is 21.9 Å². The van der Waals surface area contributed by atoms with Crippen molar-refractivity contribution in [2.45, 2.75) is 6.54 Å². The molecule has 8 aromatic carbocycles. The Morgan fingerprint density at radius 3 is 1.05 bits per heavy atom. The summed E-state index contributed by atoms with van der Waals surface area (Å²) >= 11 is 0. The topological polar surface area (TPSA) is 20.9 Å². The van der Waals surface area contributed by atoms with Crippen LogP contribution in [0.3, 0.4) is 0 Å². The zero-order valence-corrected chi connectivity index (χ0v) is 36.1. The number of hydrogen-bond acceptors (Lipinski definition) is 1. The minimum absolute atomic E-state index is 0.105. The van der Waals surface area contributed by atoms with Crippen LogP contribution in [0, 0.1) is 116 Å². The molecule has 9 aromatic rings. The number of carbonyl (C=O) groups is 1. The summed E-state index contributed by atoms with van der Waals surface area (Å²) in [7, 11) is 0. The van der Waals surface area contributed by atoms with Crippen LogP contribution in [-0.4, -0.2) is 11.9 Å². The molecule has 9 rings (SSSR count). The fraction of sp³-hybridized carbons (Fsp3) is 0.0196. The predicted octanol–water partition coefficient (Wildman–Crippen LogP) is 11.7. The van der Waals surface area contributed by atoms with Crippen LogP contribution < -0.4 is 26.4 Å². The van der Waals surface area contributed by atoms with Crippen molar-refractivity contribution in [3.05, 3.63) is 231 Å². The predicted molar refractivity (Wildman–Crippen MR) is 227 cm³/mol. The van der Waals surface area contributed by atoms with Crippen molar-refractivity contribution in [3.63, 3.8) is 0 Å². The van der Waals surface area contributed by atoms with Gasteiger partial charge in [-0.25, -0.2) is 87.8 Å². The number of Topliss-reactive ketones (excluding diaryl/α,β-unsaturated/α-hetero) is 1. The quantitative estimate of drug-likeness (QED) is 0.0371. The average Bonchev–Trinajstić information content (AvgIpc) is 3.41. The third kappa shape index (κ3) is 8.13. The molecule has 0 saturated carbocycles. The lowest BCUT2D eigenvalue weighted by Gasteiger charge is -2.44. The number of halogens is 20. The van der Waals surface area contributed by atoms with E-state index in [0.717, 1.165) is 22.2 Å². The Labute approximate surface area is 400 Å². The molecule has 0 aliphatic carbocycles. The highest BCUT2D eigenvalue weighted by atomic mass is 19.2. The van der Waals surface area contributed by atoms with Crippen LogP contribution in [0.5, 0.6) is 0 Å². The van der Waals surface area contributed by atoms with Crippen LogP contribution in [-0.2, 0) is 6.54 Å². The molecular weight excluding hydrogens is 1030 g/mol. The summed E-state index contributed by atoms with van der Waals surface area (Å²) in [5.74, 6) is -71.3. The Hall–Kier alpha value is -8.24. The zero-order valence-electron chi connectivity index (χ0n) is 36.1. The fourth-order valence-electron chi connectivity index (χ4n) is 8.79.